The quantitative estimate of drug-likeness (QED) is 0.643. The number of nitrogens with one attached hydrogen (secondary N) is 1. The van der Waals surface area contributed by atoms with Gasteiger partial charge in [0.2, 0.25) is 0 Å². The molecule has 1 aliphatic heterocycles. The predicted molar refractivity (Wildman–Crippen MR) is 49.5 cm³/mol. The van der Waals surface area contributed by atoms with Crippen LogP contribution in [0, 0.1) is 11.8 Å². The Morgan fingerprint density at radius 3 is 2.77 bits per heavy atom. The Morgan fingerprint density at radius 2 is 2.00 bits per heavy atom. The lowest BCUT2D eigenvalue weighted by atomic mass is 9.72. The molecule has 0 bridgehead atoms. The summed E-state index contributed by atoms with van der Waals surface area (Å²) in [5, 5.41) is 12.1. The molecule has 2 rings (SSSR count). The maximum Gasteiger partial charge on any atom is 0.320 e. The first-order valence-electron chi connectivity index (χ1n) is 5.25. The molecule has 0 aromatic heterocycles. The molecule has 1 saturated carbocycles. The first kappa shape index (κ1) is 9.00. The van der Waals surface area contributed by atoms with E-state index in [1.54, 1.807) is 0 Å². The van der Waals surface area contributed by atoms with Crippen LogP contribution in [0.5, 0.6) is 0 Å². The highest BCUT2D eigenvalue weighted by Crippen LogP contribution is 2.36. The third-order valence-electron chi connectivity index (χ3n) is 3.54. The second-order valence-electron chi connectivity index (χ2n) is 4.27. The summed E-state index contributed by atoms with van der Waals surface area (Å²) in [6, 6.07) is -0.265. The Morgan fingerprint density at radius 1 is 1.23 bits per heavy atom. The van der Waals surface area contributed by atoms with E-state index in [2.05, 4.69) is 5.32 Å². The number of carboxylic acid groups (broad SMARTS) is 1. The molecule has 0 aromatic rings. The van der Waals surface area contributed by atoms with E-state index in [9.17, 15) is 4.79 Å². The van der Waals surface area contributed by atoms with Crippen molar-refractivity contribution in [2.75, 3.05) is 6.54 Å². The Balaban J connectivity index is 2.06. The van der Waals surface area contributed by atoms with Gasteiger partial charge in [-0.25, -0.2) is 0 Å². The summed E-state index contributed by atoms with van der Waals surface area (Å²) in [6.07, 6.45) is 6.04. The molecule has 74 valence electrons. The predicted octanol–water partition coefficient (Wildman–Crippen LogP) is 1.24. The van der Waals surface area contributed by atoms with Crippen LogP contribution in [0.15, 0.2) is 0 Å². The fourth-order valence-electron chi connectivity index (χ4n) is 2.88. The summed E-state index contributed by atoms with van der Waals surface area (Å²) in [4.78, 5) is 10.9. The van der Waals surface area contributed by atoms with Gasteiger partial charge in [-0.15, -0.1) is 0 Å². The van der Waals surface area contributed by atoms with E-state index in [4.69, 9.17) is 5.11 Å². The molecule has 3 heteroatoms. The van der Waals surface area contributed by atoms with Gasteiger partial charge in [0.05, 0.1) is 0 Å². The minimum atomic E-state index is -0.656. The molecule has 3 nitrogen and oxygen atoms in total. The molecular weight excluding hydrogens is 166 g/mol. The van der Waals surface area contributed by atoms with E-state index < -0.39 is 5.97 Å². The smallest absolute Gasteiger partial charge is 0.320 e. The first-order valence-corrected chi connectivity index (χ1v) is 5.25. The van der Waals surface area contributed by atoms with Crippen LogP contribution in [0.1, 0.15) is 32.1 Å². The van der Waals surface area contributed by atoms with Crippen molar-refractivity contribution in [3.63, 3.8) is 0 Å². The van der Waals surface area contributed by atoms with Crippen molar-refractivity contribution in [1.29, 1.82) is 0 Å². The molecule has 2 N–H and O–H groups in total. The van der Waals surface area contributed by atoms with Crippen LogP contribution >= 0.6 is 0 Å². The van der Waals surface area contributed by atoms with Gasteiger partial charge in [0.15, 0.2) is 0 Å². The van der Waals surface area contributed by atoms with Gasteiger partial charge in [-0.05, 0) is 31.2 Å². The van der Waals surface area contributed by atoms with Crippen LogP contribution in [-0.2, 0) is 4.79 Å². The number of hydrogen-bond donors (Lipinski definition) is 2. The molecule has 2 fully saturated rings. The highest BCUT2D eigenvalue weighted by molar-refractivity contribution is 5.74. The number of fused-ring (bicyclic) bond motifs is 1. The molecule has 2 aliphatic rings. The molecular formula is C10H17NO2. The zero-order chi connectivity index (χ0) is 9.26. The lowest BCUT2D eigenvalue weighted by molar-refractivity contribution is -0.143. The normalized spacial score (nSPS) is 39.5. The van der Waals surface area contributed by atoms with Crippen molar-refractivity contribution in [2.45, 2.75) is 38.1 Å². The Bertz CT molecular complexity index is 203. The molecule has 0 unspecified atom stereocenters. The number of rotatable bonds is 1. The van der Waals surface area contributed by atoms with Crippen LogP contribution < -0.4 is 5.32 Å². The van der Waals surface area contributed by atoms with Gasteiger partial charge in [-0.3, -0.25) is 4.79 Å². The van der Waals surface area contributed by atoms with Gasteiger partial charge < -0.3 is 10.4 Å². The third kappa shape index (κ3) is 1.70. The minimum absolute atomic E-state index is 0.265. The summed E-state index contributed by atoms with van der Waals surface area (Å²) in [6.45, 7) is 0.887. The summed E-state index contributed by atoms with van der Waals surface area (Å²) >= 11 is 0. The summed E-state index contributed by atoms with van der Waals surface area (Å²) < 4.78 is 0. The summed E-state index contributed by atoms with van der Waals surface area (Å²) in [7, 11) is 0. The maximum atomic E-state index is 10.9. The molecule has 0 aromatic carbocycles. The van der Waals surface area contributed by atoms with Crippen molar-refractivity contribution < 1.29 is 9.90 Å². The lowest BCUT2D eigenvalue weighted by Gasteiger charge is -2.39. The molecule has 13 heavy (non-hydrogen) atoms. The average Bonchev–Trinajstić information content (AvgIpc) is 2.17. The number of carboxylic acids is 1. The van der Waals surface area contributed by atoms with E-state index >= 15 is 0 Å². The van der Waals surface area contributed by atoms with Crippen LogP contribution in [0.2, 0.25) is 0 Å². The molecule has 0 amide bonds. The van der Waals surface area contributed by atoms with Crippen molar-refractivity contribution >= 4 is 5.97 Å². The van der Waals surface area contributed by atoms with Crippen LogP contribution in [0.4, 0.5) is 0 Å². The highest BCUT2D eigenvalue weighted by atomic mass is 16.4. The van der Waals surface area contributed by atoms with Gasteiger partial charge >= 0.3 is 5.97 Å². The number of piperidine rings is 1. The van der Waals surface area contributed by atoms with E-state index in [0.717, 1.165) is 13.0 Å². The average molecular weight is 183 g/mol. The number of hydrogen-bond acceptors (Lipinski definition) is 2. The molecule has 1 heterocycles. The van der Waals surface area contributed by atoms with E-state index in [0.29, 0.717) is 11.8 Å². The van der Waals surface area contributed by atoms with Crippen molar-refractivity contribution in [2.24, 2.45) is 11.8 Å². The SMILES string of the molecule is O=C(O)[C@@H]1NCC[C@H]2CCCC[C@@H]21. The first-order chi connectivity index (χ1) is 6.29. The number of carbonyl (C=O) groups is 1. The van der Waals surface area contributed by atoms with Crippen molar-refractivity contribution in [3.05, 3.63) is 0 Å². The summed E-state index contributed by atoms with van der Waals surface area (Å²) in [5.41, 5.74) is 0. The summed E-state index contributed by atoms with van der Waals surface area (Å²) in [5.74, 6) is 0.424. The number of aliphatic carboxylic acids is 1. The lowest BCUT2D eigenvalue weighted by Crippen LogP contribution is -2.51. The van der Waals surface area contributed by atoms with Gasteiger partial charge in [-0.2, -0.15) is 0 Å². The molecule has 3 atom stereocenters. The fraction of sp³-hybridized carbons (Fsp3) is 0.900. The van der Waals surface area contributed by atoms with Gasteiger partial charge in [-0.1, -0.05) is 19.3 Å². The monoisotopic (exact) mass is 183 g/mol. The van der Waals surface area contributed by atoms with Crippen LogP contribution in [0.3, 0.4) is 0 Å². The van der Waals surface area contributed by atoms with E-state index in [-0.39, 0.29) is 6.04 Å². The van der Waals surface area contributed by atoms with Crippen molar-refractivity contribution in [1.82, 2.24) is 5.32 Å². The highest BCUT2D eigenvalue weighted by Gasteiger charge is 2.38. The standard InChI is InChI=1S/C10H17NO2/c12-10(13)9-8-4-2-1-3-7(8)5-6-11-9/h7-9,11H,1-6H2,(H,12,13)/t7-,8+,9-/m1/s1. The second kappa shape index (κ2) is 3.66. The van der Waals surface area contributed by atoms with Crippen LogP contribution in [-0.4, -0.2) is 23.7 Å². The van der Waals surface area contributed by atoms with Gasteiger partial charge in [0, 0.05) is 0 Å². The largest absolute Gasteiger partial charge is 0.480 e. The van der Waals surface area contributed by atoms with Gasteiger partial charge in [0.25, 0.3) is 0 Å². The van der Waals surface area contributed by atoms with E-state index in [1.165, 1.54) is 25.7 Å². The minimum Gasteiger partial charge on any atom is -0.480 e. The molecule has 1 aliphatic carbocycles. The van der Waals surface area contributed by atoms with Crippen LogP contribution in [0.25, 0.3) is 0 Å². The Hall–Kier alpha value is -0.570. The topological polar surface area (TPSA) is 49.3 Å². The van der Waals surface area contributed by atoms with Crippen molar-refractivity contribution in [3.8, 4) is 0 Å². The molecule has 0 radical (unpaired) electrons. The van der Waals surface area contributed by atoms with E-state index in [1.807, 2.05) is 0 Å². The molecule has 0 spiro atoms. The Labute approximate surface area is 78.5 Å². The maximum absolute atomic E-state index is 10.9. The third-order valence-corrected chi connectivity index (χ3v) is 3.54. The molecule has 1 saturated heterocycles. The Kier molecular flexibility index (Phi) is 2.54. The zero-order valence-corrected chi connectivity index (χ0v) is 7.83. The second-order valence-corrected chi connectivity index (χ2v) is 4.27. The zero-order valence-electron chi connectivity index (χ0n) is 7.83. The fourth-order valence-corrected chi connectivity index (χ4v) is 2.88. The van der Waals surface area contributed by atoms with Gasteiger partial charge in [0.1, 0.15) is 6.04 Å².